The molecule has 0 bridgehead atoms. The van der Waals surface area contributed by atoms with Gasteiger partial charge in [-0.05, 0) is 31.0 Å². The molecule has 0 spiro atoms. The summed E-state index contributed by atoms with van der Waals surface area (Å²) in [6, 6.07) is 3.88. The van der Waals surface area contributed by atoms with E-state index >= 15 is 0 Å². The highest BCUT2D eigenvalue weighted by atomic mass is 16.3. The molecule has 3 heteroatoms. The first-order valence-corrected chi connectivity index (χ1v) is 5.18. The Morgan fingerprint density at radius 2 is 2.50 bits per heavy atom. The molecule has 1 aromatic heterocycles. The molecule has 1 aliphatic heterocycles. The van der Waals surface area contributed by atoms with Crippen LogP contribution < -0.4 is 0 Å². The molecule has 1 N–H and O–H groups in total. The summed E-state index contributed by atoms with van der Waals surface area (Å²) in [7, 11) is 0. The van der Waals surface area contributed by atoms with Gasteiger partial charge in [0.05, 0.1) is 18.9 Å². The fourth-order valence-corrected chi connectivity index (χ4v) is 1.88. The minimum atomic E-state index is -0.182. The molecule has 2 rings (SSSR count). The van der Waals surface area contributed by atoms with E-state index in [0.717, 1.165) is 31.8 Å². The second-order valence-corrected chi connectivity index (χ2v) is 4.15. The molecule has 2 heterocycles. The highest BCUT2D eigenvalue weighted by molar-refractivity contribution is 4.98. The van der Waals surface area contributed by atoms with Crippen LogP contribution in [0.2, 0.25) is 0 Å². The van der Waals surface area contributed by atoms with Crippen LogP contribution in [0.15, 0.2) is 22.8 Å². The lowest BCUT2D eigenvalue weighted by molar-refractivity contribution is 0.0234. The molecule has 3 nitrogen and oxygen atoms in total. The zero-order valence-corrected chi connectivity index (χ0v) is 8.52. The van der Waals surface area contributed by atoms with Gasteiger partial charge in [0.1, 0.15) is 5.76 Å². The van der Waals surface area contributed by atoms with Gasteiger partial charge in [0.15, 0.2) is 0 Å². The Kier molecular flexibility index (Phi) is 2.89. The quantitative estimate of drug-likeness (QED) is 0.776. The molecule has 0 saturated carbocycles. The summed E-state index contributed by atoms with van der Waals surface area (Å²) in [5, 5.41) is 9.70. The van der Waals surface area contributed by atoms with E-state index in [1.165, 1.54) is 0 Å². The van der Waals surface area contributed by atoms with Crippen molar-refractivity contribution in [2.45, 2.75) is 26.0 Å². The van der Waals surface area contributed by atoms with Crippen LogP contribution >= 0.6 is 0 Å². The molecule has 2 unspecified atom stereocenters. The van der Waals surface area contributed by atoms with Crippen molar-refractivity contribution in [3.05, 3.63) is 24.2 Å². The number of aliphatic hydroxyl groups excluding tert-OH is 1. The van der Waals surface area contributed by atoms with Gasteiger partial charge >= 0.3 is 0 Å². The first kappa shape index (κ1) is 9.74. The fraction of sp³-hybridized carbons (Fsp3) is 0.636. The van der Waals surface area contributed by atoms with Crippen LogP contribution in [0.1, 0.15) is 19.1 Å². The Bertz CT molecular complexity index is 271. The number of hydrogen-bond acceptors (Lipinski definition) is 3. The van der Waals surface area contributed by atoms with Gasteiger partial charge in [-0.3, -0.25) is 4.90 Å². The summed E-state index contributed by atoms with van der Waals surface area (Å²) in [6.45, 7) is 4.74. The lowest BCUT2D eigenvalue weighted by atomic mass is 9.96. The number of aliphatic hydroxyl groups is 1. The summed E-state index contributed by atoms with van der Waals surface area (Å²) in [5.74, 6) is 1.41. The summed E-state index contributed by atoms with van der Waals surface area (Å²) >= 11 is 0. The molecular weight excluding hydrogens is 178 g/mol. The number of hydrogen-bond donors (Lipinski definition) is 1. The monoisotopic (exact) mass is 195 g/mol. The molecule has 1 fully saturated rings. The fourth-order valence-electron chi connectivity index (χ4n) is 1.88. The molecule has 1 aromatic rings. The highest BCUT2D eigenvalue weighted by Gasteiger charge is 2.24. The predicted molar refractivity (Wildman–Crippen MR) is 53.8 cm³/mol. The van der Waals surface area contributed by atoms with Crippen molar-refractivity contribution in [2.75, 3.05) is 13.1 Å². The normalized spacial score (nSPS) is 29.3. The van der Waals surface area contributed by atoms with Gasteiger partial charge in [-0.15, -0.1) is 0 Å². The number of β-amino-alcohol motifs (C(OH)–C–C–N with tert-alkyl or cyclic N) is 1. The maximum Gasteiger partial charge on any atom is 0.117 e. The van der Waals surface area contributed by atoms with E-state index in [2.05, 4.69) is 11.8 Å². The number of nitrogens with zero attached hydrogens (tertiary/aromatic N) is 1. The largest absolute Gasteiger partial charge is 0.468 e. The van der Waals surface area contributed by atoms with Crippen LogP contribution in [0.4, 0.5) is 0 Å². The van der Waals surface area contributed by atoms with E-state index in [1.807, 2.05) is 12.1 Å². The average molecular weight is 195 g/mol. The van der Waals surface area contributed by atoms with E-state index in [1.54, 1.807) is 6.26 Å². The molecule has 0 amide bonds. The molecule has 14 heavy (non-hydrogen) atoms. The second-order valence-electron chi connectivity index (χ2n) is 4.15. The molecule has 78 valence electrons. The zero-order chi connectivity index (χ0) is 9.97. The maximum atomic E-state index is 9.70. The van der Waals surface area contributed by atoms with Crippen LogP contribution in [0.5, 0.6) is 0 Å². The third kappa shape index (κ3) is 2.16. The molecule has 1 aliphatic rings. The Morgan fingerprint density at radius 1 is 1.64 bits per heavy atom. The van der Waals surface area contributed by atoms with Crippen LogP contribution in [0, 0.1) is 5.92 Å². The SMILES string of the molecule is CC1CCN(Cc2ccco2)CC1O. The number of likely N-dealkylation sites (tertiary alicyclic amines) is 1. The summed E-state index contributed by atoms with van der Waals surface area (Å²) in [6.07, 6.45) is 2.58. The summed E-state index contributed by atoms with van der Waals surface area (Å²) in [4.78, 5) is 2.24. The molecule has 0 radical (unpaired) electrons. The smallest absolute Gasteiger partial charge is 0.117 e. The maximum absolute atomic E-state index is 9.70. The van der Waals surface area contributed by atoms with E-state index in [-0.39, 0.29) is 6.10 Å². The van der Waals surface area contributed by atoms with Crippen molar-refractivity contribution in [3.63, 3.8) is 0 Å². The zero-order valence-electron chi connectivity index (χ0n) is 8.52. The van der Waals surface area contributed by atoms with Gasteiger partial charge in [-0.2, -0.15) is 0 Å². The van der Waals surface area contributed by atoms with Gasteiger partial charge in [0.25, 0.3) is 0 Å². The van der Waals surface area contributed by atoms with Gasteiger partial charge in [-0.25, -0.2) is 0 Å². The van der Waals surface area contributed by atoms with Crippen molar-refractivity contribution < 1.29 is 9.52 Å². The van der Waals surface area contributed by atoms with Gasteiger partial charge in [0.2, 0.25) is 0 Å². The van der Waals surface area contributed by atoms with Crippen molar-refractivity contribution in [3.8, 4) is 0 Å². The highest BCUT2D eigenvalue weighted by Crippen LogP contribution is 2.18. The Labute approximate surface area is 84.3 Å². The third-order valence-electron chi connectivity index (χ3n) is 2.96. The molecule has 0 aliphatic carbocycles. The number of furan rings is 1. The van der Waals surface area contributed by atoms with Crippen molar-refractivity contribution in [1.82, 2.24) is 4.90 Å². The molecular formula is C11H17NO2. The Morgan fingerprint density at radius 3 is 3.14 bits per heavy atom. The minimum absolute atomic E-state index is 0.182. The number of rotatable bonds is 2. The van der Waals surface area contributed by atoms with Crippen LogP contribution in [-0.4, -0.2) is 29.2 Å². The first-order valence-electron chi connectivity index (χ1n) is 5.18. The Balaban J connectivity index is 1.88. The van der Waals surface area contributed by atoms with Crippen LogP contribution in [-0.2, 0) is 6.54 Å². The summed E-state index contributed by atoms with van der Waals surface area (Å²) in [5.41, 5.74) is 0. The third-order valence-corrected chi connectivity index (χ3v) is 2.96. The lowest BCUT2D eigenvalue weighted by Crippen LogP contribution is -2.42. The molecule has 2 atom stereocenters. The van der Waals surface area contributed by atoms with Crippen molar-refractivity contribution >= 4 is 0 Å². The second kappa shape index (κ2) is 4.15. The van der Waals surface area contributed by atoms with E-state index < -0.39 is 0 Å². The van der Waals surface area contributed by atoms with E-state index in [0.29, 0.717) is 5.92 Å². The predicted octanol–water partition coefficient (Wildman–Crippen LogP) is 1.48. The first-order chi connectivity index (χ1) is 6.75. The molecule has 1 saturated heterocycles. The standard InChI is InChI=1S/C11H17NO2/c1-9-4-5-12(8-11(9)13)7-10-3-2-6-14-10/h2-3,6,9,11,13H,4-5,7-8H2,1H3. The minimum Gasteiger partial charge on any atom is -0.468 e. The average Bonchev–Trinajstić information content (AvgIpc) is 2.64. The van der Waals surface area contributed by atoms with Gasteiger partial charge in [-0.1, -0.05) is 6.92 Å². The van der Waals surface area contributed by atoms with E-state index in [4.69, 9.17) is 4.42 Å². The number of piperidine rings is 1. The van der Waals surface area contributed by atoms with E-state index in [9.17, 15) is 5.11 Å². The molecule has 0 aromatic carbocycles. The Hall–Kier alpha value is -0.800. The van der Waals surface area contributed by atoms with Crippen LogP contribution in [0.25, 0.3) is 0 Å². The topological polar surface area (TPSA) is 36.6 Å². The van der Waals surface area contributed by atoms with Crippen LogP contribution in [0.3, 0.4) is 0 Å². The lowest BCUT2D eigenvalue weighted by Gasteiger charge is -2.33. The van der Waals surface area contributed by atoms with Crippen molar-refractivity contribution in [2.24, 2.45) is 5.92 Å². The van der Waals surface area contributed by atoms with Crippen molar-refractivity contribution in [1.29, 1.82) is 0 Å². The summed E-state index contributed by atoms with van der Waals surface area (Å²) < 4.78 is 5.28. The van der Waals surface area contributed by atoms with Gasteiger partial charge in [0, 0.05) is 6.54 Å². The van der Waals surface area contributed by atoms with Gasteiger partial charge < -0.3 is 9.52 Å².